The van der Waals surface area contributed by atoms with Crippen LogP contribution < -0.4 is 0 Å². The van der Waals surface area contributed by atoms with Gasteiger partial charge in [-0.1, -0.05) is 18.4 Å². The van der Waals surface area contributed by atoms with Gasteiger partial charge in [0.1, 0.15) is 0 Å². The van der Waals surface area contributed by atoms with Crippen molar-refractivity contribution in [1.29, 1.82) is 0 Å². The van der Waals surface area contributed by atoms with Crippen molar-refractivity contribution in [3.8, 4) is 0 Å². The summed E-state index contributed by atoms with van der Waals surface area (Å²) in [6.45, 7) is 5.92. The first-order chi connectivity index (χ1) is 5.20. The average Bonchev–Trinajstić information content (AvgIpc) is 1.93. The molecule has 0 bridgehead atoms. The maximum Gasteiger partial charge on any atom is 0.0571 e. The predicted octanol–water partition coefficient (Wildman–Crippen LogP) is 2.50. The Morgan fingerprint density at radius 3 is 2.64 bits per heavy atom. The fourth-order valence-corrected chi connectivity index (χ4v) is 1.87. The van der Waals surface area contributed by atoms with E-state index in [1.165, 1.54) is 24.8 Å². The van der Waals surface area contributed by atoms with Gasteiger partial charge in [0.2, 0.25) is 0 Å². The molecule has 2 atom stereocenters. The summed E-state index contributed by atoms with van der Waals surface area (Å²) in [7, 11) is 0. The largest absolute Gasteiger partial charge is 0.393 e. The van der Waals surface area contributed by atoms with E-state index in [-0.39, 0.29) is 6.10 Å². The van der Waals surface area contributed by atoms with Gasteiger partial charge in [-0.05, 0) is 32.1 Å². The molecule has 1 N–H and O–H groups in total. The van der Waals surface area contributed by atoms with Gasteiger partial charge in [0.15, 0.2) is 0 Å². The summed E-state index contributed by atoms with van der Waals surface area (Å²) in [6.07, 6.45) is 5.64. The number of aliphatic hydroxyl groups is 1. The highest BCUT2D eigenvalue weighted by Crippen LogP contribution is 2.28. The number of rotatable bonds is 2. The minimum Gasteiger partial charge on any atom is -0.393 e. The molecule has 1 heteroatoms. The average molecular weight is 154 g/mol. The minimum absolute atomic E-state index is 0.0551. The normalized spacial score (nSPS) is 31.8. The lowest BCUT2D eigenvalue weighted by atomic mass is 9.83. The summed E-state index contributed by atoms with van der Waals surface area (Å²) in [6, 6.07) is 0. The first-order valence-electron chi connectivity index (χ1n) is 4.52. The smallest absolute Gasteiger partial charge is 0.0571 e. The molecule has 1 saturated carbocycles. The van der Waals surface area contributed by atoms with Gasteiger partial charge in [0.05, 0.1) is 6.10 Å². The van der Waals surface area contributed by atoms with Crippen LogP contribution in [0.25, 0.3) is 0 Å². The van der Waals surface area contributed by atoms with Crippen molar-refractivity contribution in [3.63, 3.8) is 0 Å². The first kappa shape index (κ1) is 8.79. The number of hydrogen-bond donors (Lipinski definition) is 1. The SMILES string of the molecule is C=C(C)C[C@@H]1CCCC[C@@H]1O. The standard InChI is InChI=1S/C10H18O/c1-8(2)7-9-5-3-4-6-10(9)11/h9-11H,1,3-7H2,2H3/t9-,10-/m0/s1. The number of aliphatic hydroxyl groups excluding tert-OH is 1. The Morgan fingerprint density at radius 1 is 1.45 bits per heavy atom. The monoisotopic (exact) mass is 154 g/mol. The molecule has 0 heterocycles. The van der Waals surface area contributed by atoms with Crippen LogP contribution >= 0.6 is 0 Å². The van der Waals surface area contributed by atoms with Gasteiger partial charge >= 0.3 is 0 Å². The molecular formula is C10H18O. The minimum atomic E-state index is -0.0551. The van der Waals surface area contributed by atoms with Crippen LogP contribution in [0.4, 0.5) is 0 Å². The van der Waals surface area contributed by atoms with Crippen molar-refractivity contribution in [1.82, 2.24) is 0 Å². The Bertz CT molecular complexity index is 140. The Hall–Kier alpha value is -0.300. The van der Waals surface area contributed by atoms with Crippen molar-refractivity contribution < 1.29 is 5.11 Å². The highest BCUT2D eigenvalue weighted by atomic mass is 16.3. The van der Waals surface area contributed by atoms with E-state index in [9.17, 15) is 5.11 Å². The topological polar surface area (TPSA) is 20.2 Å². The third-order valence-electron chi connectivity index (χ3n) is 2.48. The summed E-state index contributed by atoms with van der Waals surface area (Å²) in [4.78, 5) is 0. The molecule has 11 heavy (non-hydrogen) atoms. The third kappa shape index (κ3) is 2.66. The summed E-state index contributed by atoms with van der Waals surface area (Å²) < 4.78 is 0. The molecule has 1 rings (SSSR count). The van der Waals surface area contributed by atoms with Gasteiger partial charge in [-0.25, -0.2) is 0 Å². The second-order valence-corrected chi connectivity index (χ2v) is 3.77. The number of hydrogen-bond acceptors (Lipinski definition) is 1. The van der Waals surface area contributed by atoms with Crippen molar-refractivity contribution in [2.75, 3.05) is 0 Å². The zero-order chi connectivity index (χ0) is 8.27. The van der Waals surface area contributed by atoms with E-state index in [1.54, 1.807) is 0 Å². The molecule has 0 spiro atoms. The fraction of sp³-hybridized carbons (Fsp3) is 0.800. The van der Waals surface area contributed by atoms with E-state index in [0.29, 0.717) is 5.92 Å². The highest BCUT2D eigenvalue weighted by molar-refractivity contribution is 4.93. The van der Waals surface area contributed by atoms with Crippen LogP contribution in [0, 0.1) is 5.92 Å². The maximum absolute atomic E-state index is 9.58. The maximum atomic E-state index is 9.58. The summed E-state index contributed by atoms with van der Waals surface area (Å²) in [5.74, 6) is 0.501. The van der Waals surface area contributed by atoms with E-state index in [0.717, 1.165) is 12.8 Å². The van der Waals surface area contributed by atoms with Crippen LogP contribution in [-0.2, 0) is 0 Å². The molecule has 0 aromatic rings. The highest BCUT2D eigenvalue weighted by Gasteiger charge is 2.22. The Morgan fingerprint density at radius 2 is 2.09 bits per heavy atom. The molecule has 0 aliphatic heterocycles. The molecule has 0 radical (unpaired) electrons. The zero-order valence-electron chi connectivity index (χ0n) is 7.34. The van der Waals surface area contributed by atoms with Gasteiger partial charge in [-0.3, -0.25) is 0 Å². The third-order valence-corrected chi connectivity index (χ3v) is 2.48. The molecule has 0 aromatic carbocycles. The van der Waals surface area contributed by atoms with Crippen LogP contribution in [0.3, 0.4) is 0 Å². The predicted molar refractivity (Wildman–Crippen MR) is 47.4 cm³/mol. The van der Waals surface area contributed by atoms with E-state index >= 15 is 0 Å². The molecule has 64 valence electrons. The van der Waals surface area contributed by atoms with Gasteiger partial charge < -0.3 is 5.11 Å². The second-order valence-electron chi connectivity index (χ2n) is 3.77. The lowest BCUT2D eigenvalue weighted by molar-refractivity contribution is 0.0701. The van der Waals surface area contributed by atoms with Crippen molar-refractivity contribution in [2.45, 2.75) is 45.1 Å². The Balaban J connectivity index is 2.35. The van der Waals surface area contributed by atoms with Gasteiger partial charge in [0.25, 0.3) is 0 Å². The van der Waals surface area contributed by atoms with Crippen LogP contribution in [-0.4, -0.2) is 11.2 Å². The Labute approximate surface area is 69.1 Å². The molecule has 0 amide bonds. The van der Waals surface area contributed by atoms with Crippen LogP contribution in [0.15, 0.2) is 12.2 Å². The Kier molecular flexibility index (Phi) is 3.13. The van der Waals surface area contributed by atoms with E-state index in [4.69, 9.17) is 0 Å². The van der Waals surface area contributed by atoms with Crippen LogP contribution in [0.5, 0.6) is 0 Å². The fourth-order valence-electron chi connectivity index (χ4n) is 1.87. The summed E-state index contributed by atoms with van der Waals surface area (Å²) >= 11 is 0. The van der Waals surface area contributed by atoms with Crippen LogP contribution in [0.2, 0.25) is 0 Å². The molecule has 0 saturated heterocycles. The van der Waals surface area contributed by atoms with E-state index < -0.39 is 0 Å². The molecule has 0 unspecified atom stereocenters. The molecule has 1 fully saturated rings. The van der Waals surface area contributed by atoms with Crippen molar-refractivity contribution in [3.05, 3.63) is 12.2 Å². The first-order valence-corrected chi connectivity index (χ1v) is 4.52. The second kappa shape index (κ2) is 3.91. The molecular weight excluding hydrogens is 136 g/mol. The number of allylic oxidation sites excluding steroid dienone is 1. The van der Waals surface area contributed by atoms with E-state index in [1.807, 2.05) is 6.92 Å². The quantitative estimate of drug-likeness (QED) is 0.606. The molecule has 1 nitrogen and oxygen atoms in total. The van der Waals surface area contributed by atoms with Gasteiger partial charge in [-0.2, -0.15) is 0 Å². The van der Waals surface area contributed by atoms with Crippen molar-refractivity contribution >= 4 is 0 Å². The molecule has 1 aliphatic carbocycles. The summed E-state index contributed by atoms with van der Waals surface area (Å²) in [5, 5.41) is 9.58. The van der Waals surface area contributed by atoms with Gasteiger partial charge in [0, 0.05) is 0 Å². The molecule has 1 aliphatic rings. The lowest BCUT2D eigenvalue weighted by Crippen LogP contribution is -2.24. The lowest BCUT2D eigenvalue weighted by Gasteiger charge is -2.27. The van der Waals surface area contributed by atoms with Crippen molar-refractivity contribution in [2.24, 2.45) is 5.92 Å². The van der Waals surface area contributed by atoms with E-state index in [2.05, 4.69) is 6.58 Å². The summed E-state index contributed by atoms with van der Waals surface area (Å²) in [5.41, 5.74) is 1.20. The molecule has 0 aromatic heterocycles. The van der Waals surface area contributed by atoms with Crippen LogP contribution in [0.1, 0.15) is 39.0 Å². The van der Waals surface area contributed by atoms with Gasteiger partial charge in [-0.15, -0.1) is 6.58 Å². The zero-order valence-corrected chi connectivity index (χ0v) is 7.34.